The molecule has 5 heterocycles. The van der Waals surface area contributed by atoms with Crippen molar-refractivity contribution in [2.75, 3.05) is 20.4 Å². The number of benzene rings is 1. The second-order valence-electron chi connectivity index (χ2n) is 10.7. The Kier molecular flexibility index (Phi) is 6.74. The van der Waals surface area contributed by atoms with Gasteiger partial charge in [0, 0.05) is 42.9 Å². The van der Waals surface area contributed by atoms with Crippen molar-refractivity contribution < 1.29 is 19.0 Å². The van der Waals surface area contributed by atoms with Crippen molar-refractivity contribution in [2.45, 2.75) is 43.9 Å². The molecule has 1 amide bonds. The normalized spacial score (nSPS) is 17.5. The summed E-state index contributed by atoms with van der Waals surface area (Å²) in [7, 11) is 1.56. The predicted octanol–water partition coefficient (Wildman–Crippen LogP) is 4.56. The van der Waals surface area contributed by atoms with E-state index in [1.807, 2.05) is 53.4 Å². The molecule has 214 valence electrons. The first-order chi connectivity index (χ1) is 20.6. The van der Waals surface area contributed by atoms with Gasteiger partial charge in [-0.2, -0.15) is 0 Å². The van der Waals surface area contributed by atoms with Crippen LogP contribution >= 0.6 is 0 Å². The van der Waals surface area contributed by atoms with Crippen molar-refractivity contribution in [2.24, 2.45) is 0 Å². The number of aromatic nitrogens is 7. The number of nitrogens with zero attached hydrogens (tertiary/aromatic N) is 8. The molecule has 0 radical (unpaired) electrons. The molecule has 5 aromatic rings. The van der Waals surface area contributed by atoms with Gasteiger partial charge in [-0.15, -0.1) is 15.3 Å². The number of piperidine rings is 1. The summed E-state index contributed by atoms with van der Waals surface area (Å²) in [4.78, 5) is 19.6. The summed E-state index contributed by atoms with van der Waals surface area (Å²) >= 11 is 0. The minimum absolute atomic E-state index is 0.0573. The highest BCUT2D eigenvalue weighted by molar-refractivity contribution is 5.81. The van der Waals surface area contributed by atoms with E-state index in [2.05, 4.69) is 36.3 Å². The quantitative estimate of drug-likeness (QED) is 0.249. The Morgan fingerprint density at radius 2 is 1.98 bits per heavy atom. The van der Waals surface area contributed by atoms with Crippen LogP contribution in [0.1, 0.15) is 37.3 Å². The van der Waals surface area contributed by atoms with E-state index >= 15 is 0 Å². The first-order valence-corrected chi connectivity index (χ1v) is 13.9. The van der Waals surface area contributed by atoms with E-state index in [0.717, 1.165) is 42.3 Å². The average Bonchev–Trinajstić information content (AvgIpc) is 3.40. The zero-order chi connectivity index (χ0) is 28.5. The van der Waals surface area contributed by atoms with Crippen LogP contribution in [0.15, 0.2) is 73.3 Å². The molecular weight excluding hydrogens is 536 g/mol. The molecule has 0 unspecified atom stereocenters. The first kappa shape index (κ1) is 26.1. The number of hydrogen-bond acceptors (Lipinski definition) is 9. The molecule has 0 N–H and O–H groups in total. The molecule has 2 fully saturated rings. The van der Waals surface area contributed by atoms with E-state index in [9.17, 15) is 4.79 Å². The van der Waals surface area contributed by atoms with Crippen molar-refractivity contribution in [3.05, 3.63) is 78.9 Å². The average molecular weight is 567 g/mol. The molecule has 2 aliphatic rings. The summed E-state index contributed by atoms with van der Waals surface area (Å²) in [6.45, 7) is 0.986. The fourth-order valence-corrected chi connectivity index (χ4v) is 5.80. The van der Waals surface area contributed by atoms with Crippen LogP contribution in [0.4, 0.5) is 4.79 Å². The largest absolute Gasteiger partial charge is 0.465 e. The third-order valence-electron chi connectivity index (χ3n) is 8.08. The Hall–Kier alpha value is -4.84. The number of fused-ring (bicyclic) bond motifs is 1. The summed E-state index contributed by atoms with van der Waals surface area (Å²) in [6.07, 6.45) is 10.5. The van der Waals surface area contributed by atoms with Crippen LogP contribution in [-0.2, 0) is 16.1 Å². The standard InChI is InChI=1S/C30H30N8O4/c1-40-20-42-26-16-24(38-14-11-32-35-38)18-31-27(26)25-15-22-7-12-36(28(22)34-33-25)23-8-13-37(30(17-23)9-10-30)29(39)41-19-21-5-3-2-4-6-21/h2-7,11-12,14-16,18,23H,8-10,13,17,19-20H2,1H3/t23-/m1/s1. The van der Waals surface area contributed by atoms with Crippen LogP contribution < -0.4 is 4.74 Å². The molecule has 4 aromatic heterocycles. The van der Waals surface area contributed by atoms with Gasteiger partial charge in [-0.3, -0.25) is 0 Å². The molecular formula is C30H30N8O4. The molecule has 1 atom stereocenters. The van der Waals surface area contributed by atoms with Crippen LogP contribution in [-0.4, -0.2) is 71.7 Å². The fraction of sp³-hybridized carbons (Fsp3) is 0.333. The van der Waals surface area contributed by atoms with Crippen LogP contribution in [0.5, 0.6) is 5.75 Å². The smallest absolute Gasteiger partial charge is 0.410 e. The van der Waals surface area contributed by atoms with E-state index in [4.69, 9.17) is 14.2 Å². The van der Waals surface area contributed by atoms with Gasteiger partial charge in [0.25, 0.3) is 0 Å². The van der Waals surface area contributed by atoms with Gasteiger partial charge in [0.15, 0.2) is 18.2 Å². The second-order valence-corrected chi connectivity index (χ2v) is 10.7. The van der Waals surface area contributed by atoms with E-state index in [-0.39, 0.29) is 31.1 Å². The number of hydrogen-bond donors (Lipinski definition) is 0. The zero-order valence-electron chi connectivity index (χ0n) is 23.2. The number of amides is 1. The Balaban J connectivity index is 1.09. The summed E-state index contributed by atoms with van der Waals surface area (Å²) in [5, 5.41) is 18.0. The number of carbonyl (C=O) groups is 1. The maximum atomic E-state index is 13.0. The minimum atomic E-state index is -0.231. The lowest BCUT2D eigenvalue weighted by Crippen LogP contribution is -2.48. The van der Waals surface area contributed by atoms with Crippen molar-refractivity contribution in [3.63, 3.8) is 0 Å². The highest BCUT2D eigenvalue weighted by atomic mass is 16.7. The zero-order valence-corrected chi connectivity index (χ0v) is 23.2. The maximum absolute atomic E-state index is 13.0. The van der Waals surface area contributed by atoms with Gasteiger partial charge >= 0.3 is 6.09 Å². The van der Waals surface area contributed by atoms with Crippen molar-refractivity contribution in [1.82, 2.24) is 39.6 Å². The fourth-order valence-electron chi connectivity index (χ4n) is 5.80. The predicted molar refractivity (Wildman–Crippen MR) is 152 cm³/mol. The molecule has 1 spiro atoms. The van der Waals surface area contributed by atoms with Crippen molar-refractivity contribution in [1.29, 1.82) is 0 Å². The first-order valence-electron chi connectivity index (χ1n) is 13.9. The molecule has 1 aliphatic carbocycles. The van der Waals surface area contributed by atoms with Gasteiger partial charge in [-0.05, 0) is 43.4 Å². The number of pyridine rings is 1. The van der Waals surface area contributed by atoms with Gasteiger partial charge in [0.05, 0.1) is 24.3 Å². The Bertz CT molecular complexity index is 1700. The second kappa shape index (κ2) is 10.9. The molecule has 7 rings (SSSR count). The number of ether oxygens (including phenoxy) is 3. The lowest BCUT2D eigenvalue weighted by molar-refractivity contribution is 0.0505. The van der Waals surface area contributed by atoms with Gasteiger partial charge in [-0.1, -0.05) is 35.5 Å². The van der Waals surface area contributed by atoms with Crippen LogP contribution in [0.2, 0.25) is 0 Å². The number of carbonyl (C=O) groups excluding carboxylic acids is 1. The Morgan fingerprint density at radius 3 is 2.76 bits per heavy atom. The van der Waals surface area contributed by atoms with Gasteiger partial charge < -0.3 is 23.7 Å². The molecule has 12 heteroatoms. The lowest BCUT2D eigenvalue weighted by Gasteiger charge is -2.40. The third-order valence-corrected chi connectivity index (χ3v) is 8.08. The van der Waals surface area contributed by atoms with E-state index in [0.29, 0.717) is 29.4 Å². The number of likely N-dealkylation sites (tertiary alicyclic amines) is 1. The third kappa shape index (κ3) is 4.94. The Morgan fingerprint density at radius 1 is 1.10 bits per heavy atom. The summed E-state index contributed by atoms with van der Waals surface area (Å²) in [6, 6.07) is 15.8. The monoisotopic (exact) mass is 566 g/mol. The number of methoxy groups -OCH3 is 1. The van der Waals surface area contributed by atoms with E-state index in [1.54, 1.807) is 30.4 Å². The summed E-state index contributed by atoms with van der Waals surface area (Å²) in [5.74, 6) is 0.500. The molecule has 1 aliphatic heterocycles. The van der Waals surface area contributed by atoms with E-state index in [1.165, 1.54) is 0 Å². The maximum Gasteiger partial charge on any atom is 0.410 e. The lowest BCUT2D eigenvalue weighted by atomic mass is 9.95. The molecule has 1 aromatic carbocycles. The van der Waals surface area contributed by atoms with Crippen molar-refractivity contribution in [3.8, 4) is 22.8 Å². The van der Waals surface area contributed by atoms with Gasteiger partial charge in [0.1, 0.15) is 18.0 Å². The molecule has 0 bridgehead atoms. The van der Waals surface area contributed by atoms with Gasteiger partial charge in [-0.25, -0.2) is 14.5 Å². The van der Waals surface area contributed by atoms with Crippen molar-refractivity contribution >= 4 is 17.1 Å². The summed E-state index contributed by atoms with van der Waals surface area (Å²) in [5.41, 5.74) is 3.49. The van der Waals surface area contributed by atoms with Crippen LogP contribution in [0, 0.1) is 0 Å². The number of rotatable bonds is 8. The molecule has 12 nitrogen and oxygen atoms in total. The topological polar surface area (TPSA) is 122 Å². The highest BCUT2D eigenvalue weighted by Crippen LogP contribution is 2.51. The SMILES string of the molecule is COCOc1cc(-n2ccnn2)cnc1-c1cc2ccn([C@@H]3CCN(C(=O)OCc4ccccc4)C4(CC4)C3)c2nn1. The van der Waals surface area contributed by atoms with Crippen LogP contribution in [0.25, 0.3) is 28.1 Å². The molecule has 1 saturated carbocycles. The minimum Gasteiger partial charge on any atom is -0.465 e. The van der Waals surface area contributed by atoms with E-state index < -0.39 is 0 Å². The molecule has 1 saturated heterocycles. The summed E-state index contributed by atoms with van der Waals surface area (Å²) < 4.78 is 20.4. The highest BCUT2D eigenvalue weighted by Gasteiger charge is 2.54. The van der Waals surface area contributed by atoms with Gasteiger partial charge in [0.2, 0.25) is 0 Å². The molecule has 42 heavy (non-hydrogen) atoms. The Labute approximate surface area is 241 Å². The van der Waals surface area contributed by atoms with Crippen LogP contribution in [0.3, 0.4) is 0 Å².